The highest BCUT2D eigenvalue weighted by Crippen LogP contribution is 2.42. The number of imidazole rings is 2. The van der Waals surface area contributed by atoms with Crippen LogP contribution < -0.4 is 10.6 Å². The van der Waals surface area contributed by atoms with Crippen molar-refractivity contribution in [3.63, 3.8) is 0 Å². The summed E-state index contributed by atoms with van der Waals surface area (Å²) >= 11 is 0. The van der Waals surface area contributed by atoms with Crippen LogP contribution in [0.15, 0.2) is 69.9 Å². The summed E-state index contributed by atoms with van der Waals surface area (Å²) in [4.78, 5) is 56.3. The van der Waals surface area contributed by atoms with Crippen LogP contribution in [0.25, 0.3) is 55.6 Å². The van der Waals surface area contributed by atoms with Crippen molar-refractivity contribution in [1.29, 1.82) is 0 Å². The summed E-state index contributed by atoms with van der Waals surface area (Å²) in [5.41, 5.74) is 7.58. The Morgan fingerprint density at radius 3 is 1.70 bits per heavy atom. The first kappa shape index (κ1) is 52.0. The lowest BCUT2D eigenvalue weighted by Gasteiger charge is -2.25. The minimum absolute atomic E-state index is 0.00779. The molecular weight excluding hydrogens is 809 g/mol. The highest BCUT2D eigenvalue weighted by Gasteiger charge is 2.22. The molecule has 6 rings (SSSR count). The van der Waals surface area contributed by atoms with Crippen LogP contribution in [0.3, 0.4) is 0 Å². The average molecular weight is 881 g/mol. The number of benzene rings is 2. The maximum absolute atomic E-state index is 12.9. The Kier molecular flexibility index (Phi) is 21.4. The van der Waals surface area contributed by atoms with E-state index in [2.05, 4.69) is 94.6 Å². The molecule has 0 fully saturated rings. The molecule has 0 spiro atoms. The molecule has 4 aromatic heterocycles. The number of nitrogens with one attached hydrogen (secondary N) is 4. The summed E-state index contributed by atoms with van der Waals surface area (Å²) in [6, 6.07) is 12.3. The lowest BCUT2D eigenvalue weighted by Crippen LogP contribution is -2.40. The largest absolute Gasteiger partial charge is 0.461 e. The number of nitrogens with zero attached hydrogens (tertiary/aromatic N) is 4. The molecule has 0 saturated heterocycles. The van der Waals surface area contributed by atoms with Gasteiger partial charge in [-0.2, -0.15) is 0 Å². The topological polar surface area (TPSA) is 175 Å². The molecule has 0 radical (unpaired) electrons. The summed E-state index contributed by atoms with van der Waals surface area (Å²) in [5, 5.41) is 7.25. The van der Waals surface area contributed by atoms with E-state index in [4.69, 9.17) is 13.8 Å². The van der Waals surface area contributed by atoms with Crippen LogP contribution in [0.1, 0.15) is 118 Å². The number of aromatic amines is 2. The van der Waals surface area contributed by atoms with E-state index in [-0.39, 0.29) is 24.9 Å². The Bertz CT molecular complexity index is 2240. The number of alkyl carbamates (subject to hydrolysis) is 1. The number of hydrogen-bond acceptors (Lipinski definition) is 9. The summed E-state index contributed by atoms with van der Waals surface area (Å²) in [6.45, 7) is 28.8. The number of rotatable bonds is 17. The van der Waals surface area contributed by atoms with E-state index in [0.717, 1.165) is 92.4 Å². The number of aromatic nitrogens is 4. The molecule has 6 aromatic rings. The third-order valence-electron chi connectivity index (χ3n) is 9.59. The fraction of sp³-hybridized carbons (Fsp3) is 0.460. The number of hydrogen-bond donors (Lipinski definition) is 4. The normalized spacial score (nSPS) is 10.5. The Morgan fingerprint density at radius 2 is 1.16 bits per heavy atom. The average Bonchev–Trinajstić information content (AvgIpc) is 4.12. The van der Waals surface area contributed by atoms with Gasteiger partial charge in [0.1, 0.15) is 40.9 Å². The highest BCUT2D eigenvalue weighted by atomic mass is 16.5. The number of carbonyl (C=O) groups is 3. The van der Waals surface area contributed by atoms with Gasteiger partial charge in [-0.15, -0.1) is 0 Å². The predicted molar refractivity (Wildman–Crippen MR) is 259 cm³/mol. The number of carbonyl (C=O) groups excluding carboxylic acids is 3. The first-order valence-corrected chi connectivity index (χ1v) is 22.8. The summed E-state index contributed by atoms with van der Waals surface area (Å²) in [6.07, 6.45) is 7.53. The third kappa shape index (κ3) is 13.8. The molecular formula is C50H72N8O6. The smallest absolute Gasteiger partial charge is 0.407 e. The highest BCUT2D eigenvalue weighted by molar-refractivity contribution is 6.09. The van der Waals surface area contributed by atoms with Crippen molar-refractivity contribution in [1.82, 2.24) is 40.4 Å². The van der Waals surface area contributed by atoms with Crippen LogP contribution >= 0.6 is 0 Å². The van der Waals surface area contributed by atoms with Gasteiger partial charge in [-0.05, 0) is 56.5 Å². The quantitative estimate of drug-likeness (QED) is 0.0695. The van der Waals surface area contributed by atoms with E-state index >= 15 is 0 Å². The summed E-state index contributed by atoms with van der Waals surface area (Å²) in [7, 11) is 1.26. The third-order valence-corrected chi connectivity index (χ3v) is 9.59. The van der Waals surface area contributed by atoms with Crippen LogP contribution in [0, 0.1) is 13.8 Å². The van der Waals surface area contributed by atoms with Crippen molar-refractivity contribution in [2.45, 2.75) is 121 Å². The zero-order chi connectivity index (χ0) is 47.3. The van der Waals surface area contributed by atoms with Gasteiger partial charge in [-0.25, -0.2) is 14.8 Å². The predicted octanol–water partition coefficient (Wildman–Crippen LogP) is 11.4. The zero-order valence-corrected chi connectivity index (χ0v) is 40.3. The molecule has 14 nitrogen and oxygen atoms in total. The number of fused-ring (bicyclic) bond motifs is 2. The van der Waals surface area contributed by atoms with Crippen LogP contribution in [0.4, 0.5) is 4.79 Å². The SMILES string of the molecule is C=C(CNC(=O)CC)N(CCC)Cc1ncc(-c2ccc(-c3ccc(-c4cnc(CN(CCC)C(=O)CNC(=O)OC)[nH]4)c4oc(C)cc34)c3oc(C)cc23)[nH]1.CC.CCC.CCC. The van der Waals surface area contributed by atoms with Gasteiger partial charge in [-0.1, -0.05) is 93.9 Å². The van der Waals surface area contributed by atoms with Gasteiger partial charge in [0.2, 0.25) is 11.8 Å². The Labute approximate surface area is 379 Å². The second-order valence-corrected chi connectivity index (χ2v) is 15.2. The van der Waals surface area contributed by atoms with Gasteiger partial charge in [-0.3, -0.25) is 9.59 Å². The summed E-state index contributed by atoms with van der Waals surface area (Å²) < 4.78 is 17.3. The van der Waals surface area contributed by atoms with Gasteiger partial charge in [0.25, 0.3) is 0 Å². The van der Waals surface area contributed by atoms with Gasteiger partial charge in [0.15, 0.2) is 0 Å². The molecule has 0 atom stereocenters. The molecule has 0 unspecified atom stereocenters. The maximum Gasteiger partial charge on any atom is 0.407 e. The molecule has 64 heavy (non-hydrogen) atoms. The number of amides is 3. The molecule has 4 N–H and O–H groups in total. The maximum atomic E-state index is 12.9. The van der Waals surface area contributed by atoms with Gasteiger partial charge in [0, 0.05) is 52.7 Å². The number of ether oxygens (including phenoxy) is 1. The molecule has 0 aliphatic rings. The van der Waals surface area contributed by atoms with Crippen LogP contribution in [0.2, 0.25) is 0 Å². The number of methoxy groups -OCH3 is 1. The first-order valence-electron chi connectivity index (χ1n) is 22.8. The molecule has 3 amide bonds. The van der Waals surface area contributed by atoms with Crippen molar-refractivity contribution in [2.24, 2.45) is 0 Å². The van der Waals surface area contributed by atoms with E-state index in [9.17, 15) is 14.4 Å². The minimum atomic E-state index is -0.660. The molecule has 14 heteroatoms. The minimum Gasteiger partial charge on any atom is -0.461 e. The van der Waals surface area contributed by atoms with E-state index in [1.807, 2.05) is 65.9 Å². The summed E-state index contributed by atoms with van der Waals surface area (Å²) in [5.74, 6) is 2.69. The lowest BCUT2D eigenvalue weighted by atomic mass is 9.95. The van der Waals surface area contributed by atoms with Crippen molar-refractivity contribution < 1.29 is 28.0 Å². The number of H-pyrrole nitrogens is 2. The van der Waals surface area contributed by atoms with E-state index in [1.165, 1.54) is 20.0 Å². The van der Waals surface area contributed by atoms with E-state index < -0.39 is 6.09 Å². The van der Waals surface area contributed by atoms with Crippen molar-refractivity contribution >= 4 is 39.8 Å². The fourth-order valence-corrected chi connectivity index (χ4v) is 6.86. The van der Waals surface area contributed by atoms with Crippen LogP contribution in [-0.4, -0.2) is 80.9 Å². The second-order valence-electron chi connectivity index (χ2n) is 15.2. The van der Waals surface area contributed by atoms with Gasteiger partial charge >= 0.3 is 6.09 Å². The fourth-order valence-electron chi connectivity index (χ4n) is 6.86. The monoisotopic (exact) mass is 881 g/mol. The molecule has 348 valence electrons. The second kappa shape index (κ2) is 26.3. The Morgan fingerprint density at radius 1 is 0.688 bits per heavy atom. The molecule has 0 aliphatic carbocycles. The van der Waals surface area contributed by atoms with Crippen LogP contribution in [-0.2, 0) is 27.4 Å². The molecule has 0 bridgehead atoms. The van der Waals surface area contributed by atoms with Crippen molar-refractivity contribution in [3.8, 4) is 33.6 Å². The lowest BCUT2D eigenvalue weighted by molar-refractivity contribution is -0.131. The van der Waals surface area contributed by atoms with E-state index in [0.29, 0.717) is 37.5 Å². The zero-order valence-electron chi connectivity index (χ0n) is 40.3. The van der Waals surface area contributed by atoms with Crippen LogP contribution in [0.5, 0.6) is 0 Å². The molecule has 2 aromatic carbocycles. The Hall–Kier alpha value is -6.31. The first-order chi connectivity index (χ1) is 30.9. The van der Waals surface area contributed by atoms with Gasteiger partial charge < -0.3 is 44.0 Å². The Balaban J connectivity index is 0.00000127. The molecule has 0 aliphatic heterocycles. The van der Waals surface area contributed by atoms with Crippen molar-refractivity contribution in [3.05, 3.63) is 84.2 Å². The van der Waals surface area contributed by atoms with E-state index in [1.54, 1.807) is 11.1 Å². The molecule has 0 saturated carbocycles. The number of furan rings is 2. The van der Waals surface area contributed by atoms with Gasteiger partial charge in [0.05, 0.1) is 50.5 Å². The standard InChI is InChI=1S/C42H50N8O6.2C3H8.C2H6/c1-8-15-49(25(4)19-45-38(51)10-3)23-36-43-20-34(47-36)29-12-13-30(40-33(29)18-27(6)55-40)28-11-14-31(41-32(28)17-26(5)56-41)35-21-44-37(48-35)24-50(16-9-2)39(52)22-46-42(53)54-7;2*1-3-2;1-2/h11-14,17-18,20-21H,4,8-10,15-16,19,22-24H2,1-3,5-7H3,(H,43,47)(H,44,48)(H,45,51)(H,46,53);2*3H2,1-2H3;1-2H3. The number of aryl methyl sites for hydroxylation is 2. The molecule has 4 heterocycles. The van der Waals surface area contributed by atoms with Crippen molar-refractivity contribution in [2.75, 3.05) is 33.3 Å².